The molecule has 0 saturated heterocycles. The number of imidazole rings is 1. The minimum Gasteiger partial charge on any atom is -0.332 e. The van der Waals surface area contributed by atoms with Crippen molar-refractivity contribution in [3.05, 3.63) is 46.0 Å². The fourth-order valence-electron chi connectivity index (χ4n) is 3.08. The first-order valence-corrected chi connectivity index (χ1v) is 9.87. The molecule has 1 N–H and O–H groups in total. The summed E-state index contributed by atoms with van der Waals surface area (Å²) in [7, 11) is -4.22. The minimum atomic E-state index is -4.66. The number of hydrogen-bond acceptors (Lipinski definition) is 3. The summed E-state index contributed by atoms with van der Waals surface area (Å²) in [6.07, 6.45) is -1.84. The number of nitrogens with zero attached hydrogens (tertiary/aromatic N) is 2. The number of alkyl halides is 3. The number of aromatic nitrogens is 2. The van der Waals surface area contributed by atoms with Gasteiger partial charge in [-0.25, -0.2) is 18.1 Å². The monoisotopic (exact) mass is 407 g/mol. The number of hydrogen-bond donors (Lipinski definition) is 1. The Morgan fingerprint density at radius 3 is 2.73 bits per heavy atom. The van der Waals surface area contributed by atoms with Crippen LogP contribution in [0.25, 0.3) is 0 Å². The molecule has 5 nitrogen and oxygen atoms in total. The van der Waals surface area contributed by atoms with Crippen LogP contribution in [0, 0.1) is 6.92 Å². The molecule has 0 spiro atoms. The normalized spacial score (nSPS) is 15.1. The Hall–Kier alpha value is -1.58. The van der Waals surface area contributed by atoms with Crippen molar-refractivity contribution in [2.75, 3.05) is 0 Å². The van der Waals surface area contributed by atoms with Crippen molar-refractivity contribution in [2.45, 2.75) is 50.3 Å². The van der Waals surface area contributed by atoms with Crippen molar-refractivity contribution in [2.24, 2.45) is 0 Å². The number of fused-ring (bicyclic) bond motifs is 1. The zero-order valence-corrected chi connectivity index (χ0v) is 15.5. The Morgan fingerprint density at radius 1 is 1.31 bits per heavy atom. The molecule has 0 amide bonds. The van der Waals surface area contributed by atoms with Gasteiger partial charge in [-0.1, -0.05) is 11.6 Å². The molecular formula is C16H17ClF3N3O2S. The lowest BCUT2D eigenvalue weighted by Crippen LogP contribution is -2.25. The highest BCUT2D eigenvalue weighted by Gasteiger charge is 2.33. The van der Waals surface area contributed by atoms with E-state index in [1.165, 1.54) is 0 Å². The molecule has 2 heterocycles. The molecule has 1 aliphatic rings. The summed E-state index contributed by atoms with van der Waals surface area (Å²) in [6.45, 7) is 2.58. The molecule has 2 aromatic rings. The third-order valence-corrected chi connectivity index (χ3v) is 6.25. The number of halogens is 4. The van der Waals surface area contributed by atoms with Crippen LogP contribution in [0.5, 0.6) is 0 Å². The van der Waals surface area contributed by atoms with Gasteiger partial charge in [-0.15, -0.1) is 0 Å². The summed E-state index contributed by atoms with van der Waals surface area (Å²) < 4.78 is 67.9. The van der Waals surface area contributed by atoms with Crippen LogP contribution < -0.4 is 4.72 Å². The predicted octanol–water partition coefficient (Wildman–Crippen LogP) is 3.68. The first-order valence-electron chi connectivity index (χ1n) is 8.01. The van der Waals surface area contributed by atoms with Crippen molar-refractivity contribution < 1.29 is 21.6 Å². The van der Waals surface area contributed by atoms with Crippen molar-refractivity contribution in [3.63, 3.8) is 0 Å². The highest BCUT2D eigenvalue weighted by atomic mass is 35.5. The van der Waals surface area contributed by atoms with Crippen LogP contribution >= 0.6 is 11.6 Å². The van der Waals surface area contributed by atoms with Crippen molar-refractivity contribution in [3.8, 4) is 0 Å². The van der Waals surface area contributed by atoms with E-state index in [1.807, 2.05) is 11.5 Å². The molecule has 0 fully saturated rings. The lowest BCUT2D eigenvalue weighted by molar-refractivity contribution is -0.137. The molecule has 0 unspecified atom stereocenters. The fraction of sp³-hybridized carbons (Fsp3) is 0.438. The molecule has 3 rings (SSSR count). The number of nitrogens with one attached hydrogen (secondary N) is 1. The van der Waals surface area contributed by atoms with Gasteiger partial charge in [0.25, 0.3) is 0 Å². The van der Waals surface area contributed by atoms with E-state index in [9.17, 15) is 21.6 Å². The van der Waals surface area contributed by atoms with E-state index < -0.39 is 26.7 Å². The second-order valence-corrected chi connectivity index (χ2v) is 8.27. The maximum atomic E-state index is 12.9. The highest BCUT2D eigenvalue weighted by Crippen LogP contribution is 2.33. The van der Waals surface area contributed by atoms with Gasteiger partial charge >= 0.3 is 6.18 Å². The molecular weight excluding hydrogens is 391 g/mol. The SMILES string of the molecule is Cc1nc(CNS(=O)(=O)c2cc(C(F)(F)F)ccc2Cl)c2n1CCCC2. The van der Waals surface area contributed by atoms with Crippen LogP contribution in [0.2, 0.25) is 5.02 Å². The van der Waals surface area contributed by atoms with Crippen molar-refractivity contribution >= 4 is 21.6 Å². The molecule has 1 aromatic carbocycles. The summed E-state index contributed by atoms with van der Waals surface area (Å²) in [5.41, 5.74) is 0.484. The topological polar surface area (TPSA) is 64.0 Å². The first-order chi connectivity index (χ1) is 12.1. The van der Waals surface area contributed by atoms with Crippen LogP contribution in [-0.2, 0) is 35.7 Å². The maximum absolute atomic E-state index is 12.9. The van der Waals surface area contributed by atoms with Crippen LogP contribution in [0.1, 0.15) is 35.6 Å². The molecule has 0 bridgehead atoms. The van der Waals surface area contributed by atoms with Gasteiger partial charge in [-0.2, -0.15) is 13.2 Å². The maximum Gasteiger partial charge on any atom is 0.416 e. The Kier molecular flexibility index (Phi) is 5.06. The van der Waals surface area contributed by atoms with Gasteiger partial charge in [-0.05, 0) is 44.4 Å². The second-order valence-electron chi connectivity index (χ2n) is 6.13. The molecule has 10 heteroatoms. The number of sulfonamides is 1. The van der Waals surface area contributed by atoms with Crippen LogP contribution in [0.15, 0.2) is 23.1 Å². The molecule has 142 valence electrons. The number of benzene rings is 1. The summed E-state index contributed by atoms with van der Waals surface area (Å²) in [5.74, 6) is 0.797. The van der Waals surface area contributed by atoms with Crippen LogP contribution in [-0.4, -0.2) is 18.0 Å². The third-order valence-electron chi connectivity index (χ3n) is 4.37. The lowest BCUT2D eigenvalue weighted by atomic mass is 10.1. The van der Waals surface area contributed by atoms with E-state index in [0.717, 1.165) is 49.5 Å². The van der Waals surface area contributed by atoms with Gasteiger partial charge in [0.15, 0.2) is 0 Å². The number of aryl methyl sites for hydroxylation is 1. The van der Waals surface area contributed by atoms with Gasteiger partial charge in [0, 0.05) is 12.2 Å². The van der Waals surface area contributed by atoms with Gasteiger partial charge in [0.05, 0.1) is 22.8 Å². The van der Waals surface area contributed by atoms with Crippen molar-refractivity contribution in [1.29, 1.82) is 0 Å². The van der Waals surface area contributed by atoms with Gasteiger partial charge in [0.2, 0.25) is 10.0 Å². The molecule has 0 radical (unpaired) electrons. The Morgan fingerprint density at radius 2 is 2.04 bits per heavy atom. The molecule has 26 heavy (non-hydrogen) atoms. The summed E-state index contributed by atoms with van der Waals surface area (Å²) in [5, 5.41) is -0.270. The zero-order chi connectivity index (χ0) is 19.1. The molecule has 1 aromatic heterocycles. The van der Waals surface area contributed by atoms with Crippen molar-refractivity contribution in [1.82, 2.24) is 14.3 Å². The Bertz CT molecular complexity index is 939. The van der Waals surface area contributed by atoms with Crippen LogP contribution in [0.3, 0.4) is 0 Å². The molecule has 0 saturated carbocycles. The fourth-order valence-corrected chi connectivity index (χ4v) is 4.59. The van der Waals surface area contributed by atoms with E-state index >= 15 is 0 Å². The summed E-state index contributed by atoms with van der Waals surface area (Å²) in [6, 6.07) is 2.22. The lowest BCUT2D eigenvalue weighted by Gasteiger charge is -2.16. The van der Waals surface area contributed by atoms with Gasteiger partial charge < -0.3 is 4.57 Å². The van der Waals surface area contributed by atoms with Crippen LogP contribution in [0.4, 0.5) is 13.2 Å². The summed E-state index contributed by atoms with van der Waals surface area (Å²) >= 11 is 5.83. The van der Waals surface area contributed by atoms with E-state index in [1.54, 1.807) is 0 Å². The first kappa shape index (κ1) is 19.2. The minimum absolute atomic E-state index is 0.0991. The molecule has 0 aliphatic carbocycles. The predicted molar refractivity (Wildman–Crippen MR) is 90.4 cm³/mol. The molecule has 0 atom stereocenters. The largest absolute Gasteiger partial charge is 0.416 e. The quantitative estimate of drug-likeness (QED) is 0.840. The third kappa shape index (κ3) is 3.74. The second kappa shape index (κ2) is 6.86. The standard InChI is InChI=1S/C16H17ClF3N3O2S/c1-10-22-13(14-4-2-3-7-23(10)14)9-21-26(24,25)15-8-11(16(18,19)20)5-6-12(15)17/h5-6,8,21H,2-4,7,9H2,1H3. The summed E-state index contributed by atoms with van der Waals surface area (Å²) in [4.78, 5) is 3.79. The number of rotatable bonds is 4. The van der Waals surface area contributed by atoms with E-state index in [2.05, 4.69) is 9.71 Å². The smallest absolute Gasteiger partial charge is 0.332 e. The van der Waals surface area contributed by atoms with E-state index in [4.69, 9.17) is 11.6 Å². The Balaban J connectivity index is 1.87. The molecule has 1 aliphatic heterocycles. The average Bonchev–Trinajstić information content (AvgIpc) is 2.89. The Labute approximate surface area is 154 Å². The zero-order valence-electron chi connectivity index (χ0n) is 13.9. The van der Waals surface area contributed by atoms with E-state index in [0.29, 0.717) is 11.8 Å². The van der Waals surface area contributed by atoms with E-state index in [-0.39, 0.29) is 11.6 Å². The van der Waals surface area contributed by atoms with Gasteiger partial charge in [-0.3, -0.25) is 0 Å². The highest BCUT2D eigenvalue weighted by molar-refractivity contribution is 7.89. The van der Waals surface area contributed by atoms with Gasteiger partial charge in [0.1, 0.15) is 10.7 Å². The average molecular weight is 408 g/mol.